The molecule has 0 radical (unpaired) electrons. The number of nitrogens with one attached hydrogen (secondary N) is 1. The summed E-state index contributed by atoms with van der Waals surface area (Å²) < 4.78 is 12.3. The van der Waals surface area contributed by atoms with Crippen LogP contribution in [0.3, 0.4) is 0 Å². The summed E-state index contributed by atoms with van der Waals surface area (Å²) in [4.78, 5) is 41.3. The van der Waals surface area contributed by atoms with E-state index < -0.39 is 41.8 Å². The number of rotatable bonds is 10. The Morgan fingerprint density at radius 3 is 2.06 bits per heavy atom. The molecule has 1 unspecified atom stereocenters. The van der Waals surface area contributed by atoms with Crippen LogP contribution in [0.25, 0.3) is 11.1 Å². The van der Waals surface area contributed by atoms with Crippen LogP contribution in [0.1, 0.15) is 54.7 Å². The van der Waals surface area contributed by atoms with Gasteiger partial charge in [0.1, 0.15) is 29.5 Å². The fourth-order valence-corrected chi connectivity index (χ4v) is 6.40. The van der Waals surface area contributed by atoms with E-state index in [1.807, 2.05) is 127 Å². The van der Waals surface area contributed by atoms with Crippen molar-refractivity contribution in [3.8, 4) is 16.9 Å². The van der Waals surface area contributed by atoms with E-state index in [1.165, 1.54) is 4.90 Å². The normalized spacial score (nSPS) is 15.2. The van der Waals surface area contributed by atoms with Crippen molar-refractivity contribution in [2.45, 2.75) is 63.9 Å². The Balaban J connectivity index is 1.23. The minimum atomic E-state index is -1.21. The van der Waals surface area contributed by atoms with Crippen molar-refractivity contribution < 1.29 is 29.0 Å². The summed E-state index contributed by atoms with van der Waals surface area (Å²) >= 11 is 6.18. The van der Waals surface area contributed by atoms with Gasteiger partial charge in [0.05, 0.1) is 6.54 Å². The van der Waals surface area contributed by atoms with Gasteiger partial charge in [0.2, 0.25) is 5.91 Å². The highest BCUT2D eigenvalue weighted by Crippen LogP contribution is 2.33. The SMILES string of the molecule is CC(C)(C)OC(=O)N1Cc2cc(OC(c3ccccc3)c3ccc(Cl)cc3)ccc2C[C@H]1C(=O)N[C@@H](Cc1ccc(-c2ccccc2)cc1)C(=O)O. The van der Waals surface area contributed by atoms with Gasteiger partial charge in [-0.1, -0.05) is 115 Å². The van der Waals surface area contributed by atoms with E-state index in [4.69, 9.17) is 21.1 Å². The van der Waals surface area contributed by atoms with Gasteiger partial charge in [0.25, 0.3) is 0 Å². The summed E-state index contributed by atoms with van der Waals surface area (Å²) in [7, 11) is 0. The van der Waals surface area contributed by atoms with Crippen molar-refractivity contribution in [3.63, 3.8) is 0 Å². The van der Waals surface area contributed by atoms with Crippen LogP contribution in [0.15, 0.2) is 127 Å². The molecule has 5 aromatic carbocycles. The first kappa shape index (κ1) is 36.2. The molecule has 0 bridgehead atoms. The fourth-order valence-electron chi connectivity index (χ4n) is 6.28. The molecule has 0 aromatic heterocycles. The Labute approximate surface area is 309 Å². The van der Waals surface area contributed by atoms with Gasteiger partial charge >= 0.3 is 12.1 Å². The van der Waals surface area contributed by atoms with Gasteiger partial charge in [0.15, 0.2) is 0 Å². The van der Waals surface area contributed by atoms with Crippen LogP contribution < -0.4 is 10.1 Å². The maximum atomic E-state index is 13.9. The molecule has 0 saturated heterocycles. The fraction of sp³-hybridized carbons (Fsp3) is 0.233. The van der Waals surface area contributed by atoms with Crippen molar-refractivity contribution in [2.75, 3.05) is 0 Å². The molecule has 52 heavy (non-hydrogen) atoms. The predicted molar refractivity (Wildman–Crippen MR) is 201 cm³/mol. The minimum absolute atomic E-state index is 0.0647. The van der Waals surface area contributed by atoms with Crippen molar-refractivity contribution in [1.82, 2.24) is 10.2 Å². The number of benzene rings is 5. The van der Waals surface area contributed by atoms with Crippen LogP contribution in [-0.4, -0.2) is 45.7 Å². The molecule has 0 fully saturated rings. The number of amides is 2. The molecule has 8 nitrogen and oxygen atoms in total. The van der Waals surface area contributed by atoms with E-state index >= 15 is 0 Å². The Bertz CT molecular complexity index is 2010. The predicted octanol–water partition coefficient (Wildman–Crippen LogP) is 8.65. The van der Waals surface area contributed by atoms with E-state index in [9.17, 15) is 19.5 Å². The molecule has 9 heteroatoms. The monoisotopic (exact) mass is 716 g/mol. The number of ether oxygens (including phenoxy) is 2. The number of carbonyl (C=O) groups excluding carboxylic acids is 2. The third kappa shape index (κ3) is 9.00. The molecule has 2 amide bonds. The van der Waals surface area contributed by atoms with Crippen molar-refractivity contribution in [1.29, 1.82) is 0 Å². The number of halogens is 1. The van der Waals surface area contributed by atoms with E-state index in [0.29, 0.717) is 10.8 Å². The zero-order chi connectivity index (χ0) is 36.8. The smallest absolute Gasteiger partial charge is 0.411 e. The first-order valence-electron chi connectivity index (χ1n) is 17.2. The Kier molecular flexibility index (Phi) is 11.0. The van der Waals surface area contributed by atoms with Gasteiger partial charge in [-0.3, -0.25) is 9.69 Å². The molecule has 0 aliphatic carbocycles. The molecule has 0 saturated carbocycles. The third-order valence-corrected chi connectivity index (χ3v) is 9.14. The van der Waals surface area contributed by atoms with Crippen molar-refractivity contribution in [3.05, 3.63) is 160 Å². The molecule has 1 heterocycles. The number of carboxylic acids is 1. The summed E-state index contributed by atoms with van der Waals surface area (Å²) in [5, 5.41) is 13.5. The topological polar surface area (TPSA) is 105 Å². The lowest BCUT2D eigenvalue weighted by atomic mass is 9.93. The molecule has 266 valence electrons. The lowest BCUT2D eigenvalue weighted by Crippen LogP contribution is -2.56. The van der Waals surface area contributed by atoms with Gasteiger partial charge < -0.3 is 19.9 Å². The molecule has 5 aromatic rings. The van der Waals surface area contributed by atoms with Crippen LogP contribution in [0, 0.1) is 0 Å². The highest BCUT2D eigenvalue weighted by Gasteiger charge is 2.38. The number of carboxylic acid groups (broad SMARTS) is 1. The average Bonchev–Trinajstić information content (AvgIpc) is 3.13. The standard InChI is InChI=1S/C43H41ClN2O6/c1-43(2,3)52-42(50)46-27-34-25-36(51-39(31-12-8-5-9-13-31)32-18-21-35(44)22-19-32)23-20-33(34)26-38(46)40(47)45-37(41(48)49)24-28-14-16-30(17-15-28)29-10-6-4-7-11-29/h4-23,25,37-39H,24,26-27H2,1-3H3,(H,45,47)(H,48,49)/t37-,38-,39?/m0/s1. The quantitative estimate of drug-likeness (QED) is 0.150. The minimum Gasteiger partial charge on any atom is -0.481 e. The number of aliphatic carboxylic acids is 1. The Morgan fingerprint density at radius 2 is 1.42 bits per heavy atom. The van der Waals surface area contributed by atoms with Crippen LogP contribution in [0.2, 0.25) is 5.02 Å². The number of carbonyl (C=O) groups is 3. The Hall–Kier alpha value is -5.60. The summed E-state index contributed by atoms with van der Waals surface area (Å²) in [6.07, 6.45) is -0.861. The zero-order valence-corrected chi connectivity index (χ0v) is 30.0. The van der Waals surface area contributed by atoms with Crippen LogP contribution in [0.5, 0.6) is 5.75 Å². The van der Waals surface area contributed by atoms with Gasteiger partial charge in [-0.25, -0.2) is 9.59 Å². The maximum absolute atomic E-state index is 13.9. The maximum Gasteiger partial charge on any atom is 0.411 e. The van der Waals surface area contributed by atoms with Crippen LogP contribution in [-0.2, 0) is 33.7 Å². The van der Waals surface area contributed by atoms with Crippen LogP contribution >= 0.6 is 11.6 Å². The molecule has 1 aliphatic heterocycles. The number of hydrogen-bond acceptors (Lipinski definition) is 5. The van der Waals surface area contributed by atoms with E-state index in [0.717, 1.165) is 38.9 Å². The summed E-state index contributed by atoms with van der Waals surface area (Å²) in [5.41, 5.74) is 5.50. The number of fused-ring (bicyclic) bond motifs is 1. The number of nitrogens with zero attached hydrogens (tertiary/aromatic N) is 1. The summed E-state index contributed by atoms with van der Waals surface area (Å²) in [6, 6.07) is 38.2. The first-order valence-corrected chi connectivity index (χ1v) is 17.6. The van der Waals surface area contributed by atoms with Crippen LogP contribution in [0.4, 0.5) is 4.79 Å². The third-order valence-electron chi connectivity index (χ3n) is 8.88. The Morgan fingerprint density at radius 1 is 0.808 bits per heavy atom. The van der Waals surface area contributed by atoms with Gasteiger partial charge in [-0.2, -0.15) is 0 Å². The van der Waals surface area contributed by atoms with Crippen molar-refractivity contribution >= 4 is 29.6 Å². The average molecular weight is 717 g/mol. The number of hydrogen-bond donors (Lipinski definition) is 2. The molecular formula is C43H41ClN2O6. The second kappa shape index (κ2) is 15.7. The first-order chi connectivity index (χ1) is 24.9. The lowest BCUT2D eigenvalue weighted by Gasteiger charge is -2.37. The summed E-state index contributed by atoms with van der Waals surface area (Å²) in [6.45, 7) is 5.34. The van der Waals surface area contributed by atoms with Gasteiger partial charge in [-0.05, 0) is 84.0 Å². The summed E-state index contributed by atoms with van der Waals surface area (Å²) in [5.74, 6) is -1.16. The molecule has 3 atom stereocenters. The molecule has 0 spiro atoms. The highest BCUT2D eigenvalue weighted by atomic mass is 35.5. The van der Waals surface area contributed by atoms with E-state index in [-0.39, 0.29) is 19.4 Å². The van der Waals surface area contributed by atoms with E-state index in [1.54, 1.807) is 20.8 Å². The van der Waals surface area contributed by atoms with Gasteiger partial charge in [0, 0.05) is 17.9 Å². The highest BCUT2D eigenvalue weighted by molar-refractivity contribution is 6.30. The molecular weight excluding hydrogens is 676 g/mol. The lowest BCUT2D eigenvalue weighted by molar-refractivity contribution is -0.142. The van der Waals surface area contributed by atoms with E-state index in [2.05, 4.69) is 5.32 Å². The zero-order valence-electron chi connectivity index (χ0n) is 29.3. The van der Waals surface area contributed by atoms with Crippen molar-refractivity contribution in [2.24, 2.45) is 0 Å². The second-order valence-electron chi connectivity index (χ2n) is 13.9. The largest absolute Gasteiger partial charge is 0.481 e. The van der Waals surface area contributed by atoms with Gasteiger partial charge in [-0.15, -0.1) is 0 Å². The molecule has 1 aliphatic rings. The second-order valence-corrected chi connectivity index (χ2v) is 14.3. The molecule has 6 rings (SSSR count). The molecule has 2 N–H and O–H groups in total.